The molecule has 3 aromatic rings. The molecular weight excluding hydrogens is 367 g/mol. The van der Waals surface area contributed by atoms with E-state index in [9.17, 15) is 4.79 Å². The van der Waals surface area contributed by atoms with Crippen molar-refractivity contribution in [2.75, 3.05) is 0 Å². The fraction of sp³-hybridized carbons (Fsp3) is 0.267. The molecule has 0 aliphatic rings. The van der Waals surface area contributed by atoms with Crippen LogP contribution in [0.5, 0.6) is 0 Å². The Kier molecular flexibility index (Phi) is 5.00. The predicted octanol–water partition coefficient (Wildman–Crippen LogP) is 3.29. The molecule has 2 aromatic heterocycles. The first-order valence-corrected chi connectivity index (χ1v) is 8.16. The second-order valence-corrected chi connectivity index (χ2v) is 6.45. The Morgan fingerprint density at radius 1 is 1.32 bits per heavy atom. The van der Waals surface area contributed by atoms with Crippen LogP contribution in [0.2, 0.25) is 10.0 Å². The number of hydrogen-bond donors (Lipinski definition) is 2. The van der Waals surface area contributed by atoms with Crippen LogP contribution < -0.4 is 5.32 Å². The molecule has 0 bridgehead atoms. The highest BCUT2D eigenvalue weighted by molar-refractivity contribution is 6.36. The van der Waals surface area contributed by atoms with E-state index in [0.717, 1.165) is 0 Å². The molecule has 0 radical (unpaired) electrons. The van der Waals surface area contributed by atoms with Crippen LogP contribution in [0.1, 0.15) is 36.1 Å². The van der Waals surface area contributed by atoms with Gasteiger partial charge in [0.05, 0.1) is 10.6 Å². The van der Waals surface area contributed by atoms with Gasteiger partial charge in [-0.05, 0) is 24.1 Å². The summed E-state index contributed by atoms with van der Waals surface area (Å²) in [6, 6.07) is 4.17. The van der Waals surface area contributed by atoms with E-state index in [0.29, 0.717) is 16.4 Å². The van der Waals surface area contributed by atoms with Crippen LogP contribution in [-0.2, 0) is 0 Å². The minimum Gasteiger partial charge on any atom is -0.340 e. The molecule has 0 saturated carbocycles. The first-order valence-electron chi connectivity index (χ1n) is 7.41. The average molecular weight is 381 g/mol. The maximum atomic E-state index is 12.5. The quantitative estimate of drug-likeness (QED) is 0.702. The van der Waals surface area contributed by atoms with Gasteiger partial charge in [-0.1, -0.05) is 42.2 Å². The molecule has 0 aliphatic carbocycles. The molecule has 0 unspecified atom stereocenters. The van der Waals surface area contributed by atoms with Crippen molar-refractivity contribution >= 4 is 29.1 Å². The van der Waals surface area contributed by atoms with Crippen molar-refractivity contribution in [2.24, 2.45) is 5.92 Å². The number of nitrogens with one attached hydrogen (secondary N) is 2. The van der Waals surface area contributed by atoms with Gasteiger partial charge in [-0.2, -0.15) is 10.1 Å². The number of carbonyl (C=O) groups is 1. The molecule has 2 heterocycles. The number of nitrogens with zero attached hydrogens (tertiary/aromatic N) is 4. The lowest BCUT2D eigenvalue weighted by atomic mass is 10.0. The van der Waals surface area contributed by atoms with E-state index < -0.39 is 6.04 Å². The summed E-state index contributed by atoms with van der Waals surface area (Å²) in [6.45, 7) is 3.85. The highest BCUT2D eigenvalue weighted by atomic mass is 35.5. The van der Waals surface area contributed by atoms with Crippen molar-refractivity contribution in [1.82, 2.24) is 30.6 Å². The number of halogens is 2. The van der Waals surface area contributed by atoms with Crippen LogP contribution in [0.4, 0.5) is 0 Å². The first-order chi connectivity index (χ1) is 12.0. The summed E-state index contributed by atoms with van der Waals surface area (Å²) in [5.41, 5.74) is 0.312. The number of rotatable bonds is 5. The molecule has 3 rings (SSSR count). The Labute approximate surface area is 152 Å². The molecular formula is C15H14Cl2N6O2. The third kappa shape index (κ3) is 3.80. The fourth-order valence-electron chi connectivity index (χ4n) is 2.18. The van der Waals surface area contributed by atoms with Crippen LogP contribution in [0.25, 0.3) is 11.6 Å². The Bertz CT molecular complexity index is 878. The minimum absolute atomic E-state index is 0.00180. The van der Waals surface area contributed by atoms with Gasteiger partial charge in [-0.25, -0.2) is 4.98 Å². The van der Waals surface area contributed by atoms with Gasteiger partial charge in [0, 0.05) is 5.02 Å². The van der Waals surface area contributed by atoms with Gasteiger partial charge >= 0.3 is 0 Å². The largest absolute Gasteiger partial charge is 0.340 e. The van der Waals surface area contributed by atoms with Gasteiger partial charge in [-0.3, -0.25) is 9.89 Å². The van der Waals surface area contributed by atoms with E-state index in [-0.39, 0.29) is 28.6 Å². The lowest BCUT2D eigenvalue weighted by molar-refractivity contribution is 0.0914. The Morgan fingerprint density at radius 2 is 2.12 bits per heavy atom. The van der Waals surface area contributed by atoms with Crippen molar-refractivity contribution < 1.29 is 9.32 Å². The summed E-state index contributed by atoms with van der Waals surface area (Å²) in [5.74, 6) is 0.541. The third-order valence-electron chi connectivity index (χ3n) is 3.46. The predicted molar refractivity (Wildman–Crippen MR) is 91.2 cm³/mol. The highest BCUT2D eigenvalue weighted by Gasteiger charge is 2.26. The van der Waals surface area contributed by atoms with Gasteiger partial charge in [0.25, 0.3) is 5.91 Å². The third-order valence-corrected chi connectivity index (χ3v) is 4.01. The van der Waals surface area contributed by atoms with Gasteiger partial charge in [0.2, 0.25) is 11.7 Å². The fourth-order valence-corrected chi connectivity index (χ4v) is 2.67. The Morgan fingerprint density at radius 3 is 2.76 bits per heavy atom. The molecule has 0 fully saturated rings. The standard InChI is InChI=1S/C15H14Cl2N6O2/c1-7(2)11(15-21-13(23-25-15)12-18-6-19-22-12)20-14(24)9-4-3-8(16)5-10(9)17/h3-7,11H,1-2H3,(H,20,24)(H,18,19,22)/t11-/m1/s1. The molecule has 0 saturated heterocycles. The lowest BCUT2D eigenvalue weighted by Crippen LogP contribution is -2.32. The summed E-state index contributed by atoms with van der Waals surface area (Å²) < 4.78 is 5.28. The van der Waals surface area contributed by atoms with Gasteiger partial charge in [-0.15, -0.1) is 0 Å². The van der Waals surface area contributed by atoms with Crippen LogP contribution >= 0.6 is 23.2 Å². The summed E-state index contributed by atoms with van der Waals surface area (Å²) in [7, 11) is 0. The number of benzene rings is 1. The zero-order valence-electron chi connectivity index (χ0n) is 13.3. The highest BCUT2D eigenvalue weighted by Crippen LogP contribution is 2.25. The molecule has 1 amide bonds. The van der Waals surface area contributed by atoms with E-state index >= 15 is 0 Å². The molecule has 0 spiro atoms. The van der Waals surface area contributed by atoms with Crippen molar-refractivity contribution in [1.29, 1.82) is 0 Å². The maximum absolute atomic E-state index is 12.5. The molecule has 1 aromatic carbocycles. The molecule has 0 aliphatic heterocycles. The van der Waals surface area contributed by atoms with Crippen molar-refractivity contribution in [3.63, 3.8) is 0 Å². The second-order valence-electron chi connectivity index (χ2n) is 5.61. The van der Waals surface area contributed by atoms with Crippen molar-refractivity contribution in [3.05, 3.63) is 46.0 Å². The molecule has 130 valence electrons. The van der Waals surface area contributed by atoms with E-state index in [2.05, 4.69) is 30.6 Å². The second kappa shape index (κ2) is 7.20. The monoisotopic (exact) mass is 380 g/mol. The zero-order chi connectivity index (χ0) is 18.0. The van der Waals surface area contributed by atoms with Crippen LogP contribution in [-0.4, -0.2) is 31.2 Å². The van der Waals surface area contributed by atoms with Crippen LogP contribution in [0.15, 0.2) is 29.0 Å². The normalized spacial score (nSPS) is 12.4. The lowest BCUT2D eigenvalue weighted by Gasteiger charge is -2.18. The minimum atomic E-state index is -0.497. The summed E-state index contributed by atoms with van der Waals surface area (Å²) in [5, 5.41) is 13.8. The van der Waals surface area contributed by atoms with Gasteiger partial charge < -0.3 is 9.84 Å². The number of amides is 1. The first kappa shape index (κ1) is 17.4. The van der Waals surface area contributed by atoms with Gasteiger partial charge in [0.1, 0.15) is 12.4 Å². The molecule has 25 heavy (non-hydrogen) atoms. The van der Waals surface area contributed by atoms with E-state index in [4.69, 9.17) is 27.7 Å². The zero-order valence-corrected chi connectivity index (χ0v) is 14.8. The smallest absolute Gasteiger partial charge is 0.253 e. The van der Waals surface area contributed by atoms with E-state index in [1.54, 1.807) is 12.1 Å². The maximum Gasteiger partial charge on any atom is 0.253 e. The Balaban J connectivity index is 1.83. The number of hydrogen-bond acceptors (Lipinski definition) is 6. The average Bonchev–Trinajstić information content (AvgIpc) is 3.23. The van der Waals surface area contributed by atoms with Crippen LogP contribution in [0, 0.1) is 5.92 Å². The summed E-state index contributed by atoms with van der Waals surface area (Å²) >= 11 is 12.0. The van der Waals surface area contributed by atoms with E-state index in [1.807, 2.05) is 13.8 Å². The number of aromatic nitrogens is 5. The van der Waals surface area contributed by atoms with Crippen molar-refractivity contribution in [3.8, 4) is 11.6 Å². The van der Waals surface area contributed by atoms with Crippen LogP contribution in [0.3, 0.4) is 0 Å². The number of carbonyl (C=O) groups excluding carboxylic acids is 1. The van der Waals surface area contributed by atoms with E-state index in [1.165, 1.54) is 12.4 Å². The molecule has 8 nitrogen and oxygen atoms in total. The molecule has 1 atom stereocenters. The van der Waals surface area contributed by atoms with Crippen molar-refractivity contribution in [2.45, 2.75) is 19.9 Å². The topological polar surface area (TPSA) is 110 Å². The van der Waals surface area contributed by atoms with Gasteiger partial charge in [0.15, 0.2) is 5.82 Å². The number of aromatic amines is 1. The summed E-state index contributed by atoms with van der Waals surface area (Å²) in [4.78, 5) is 20.8. The summed E-state index contributed by atoms with van der Waals surface area (Å²) in [6.07, 6.45) is 1.34. The Hall–Kier alpha value is -2.45. The molecule has 10 heteroatoms. The molecule has 2 N–H and O–H groups in total. The number of H-pyrrole nitrogens is 1. The SMILES string of the molecule is CC(C)[C@@H](NC(=O)c1ccc(Cl)cc1Cl)c1nc(-c2ncn[nH]2)no1.